The predicted molar refractivity (Wildman–Crippen MR) is 134 cm³/mol. The molecule has 35 heavy (non-hydrogen) atoms. The molecule has 0 bridgehead atoms. The van der Waals surface area contributed by atoms with E-state index in [1.54, 1.807) is 6.20 Å². The lowest BCUT2D eigenvalue weighted by molar-refractivity contribution is -0.132. The van der Waals surface area contributed by atoms with E-state index in [4.69, 9.17) is 4.74 Å². The van der Waals surface area contributed by atoms with Crippen LogP contribution >= 0.6 is 0 Å². The van der Waals surface area contributed by atoms with Gasteiger partial charge in [0.2, 0.25) is 5.91 Å². The number of aromatic amines is 1. The van der Waals surface area contributed by atoms with Gasteiger partial charge in [-0.15, -0.1) is 0 Å². The molecule has 7 heteroatoms. The summed E-state index contributed by atoms with van der Waals surface area (Å²) >= 11 is 0. The minimum absolute atomic E-state index is 0.0874. The Labute approximate surface area is 205 Å². The van der Waals surface area contributed by atoms with Crippen molar-refractivity contribution < 1.29 is 9.53 Å². The Bertz CT molecular complexity index is 1210. The fraction of sp³-hybridized carbons (Fsp3) is 0.250. The van der Waals surface area contributed by atoms with Gasteiger partial charge in [0.15, 0.2) is 0 Å². The molecule has 0 spiro atoms. The van der Waals surface area contributed by atoms with Gasteiger partial charge in [-0.05, 0) is 22.8 Å². The monoisotopic (exact) mass is 467 g/mol. The summed E-state index contributed by atoms with van der Waals surface area (Å²) in [5.41, 5.74) is 5.26. The van der Waals surface area contributed by atoms with Gasteiger partial charge in [0, 0.05) is 44.1 Å². The fourth-order valence-corrected chi connectivity index (χ4v) is 4.45. The Balaban J connectivity index is 1.34. The lowest BCUT2D eigenvalue weighted by Crippen LogP contribution is -2.37. The summed E-state index contributed by atoms with van der Waals surface area (Å²) in [6.07, 6.45) is 5.29. The molecule has 1 fully saturated rings. The van der Waals surface area contributed by atoms with Crippen LogP contribution in [0.2, 0.25) is 0 Å². The van der Waals surface area contributed by atoms with Crippen molar-refractivity contribution in [3.05, 3.63) is 108 Å². The summed E-state index contributed by atoms with van der Waals surface area (Å²) in [6, 6.07) is 24.2. The van der Waals surface area contributed by atoms with Crippen LogP contribution in [0.5, 0.6) is 0 Å². The van der Waals surface area contributed by atoms with Crippen LogP contribution in [0.15, 0.2) is 91.4 Å². The molecule has 0 radical (unpaired) electrons. The van der Waals surface area contributed by atoms with Crippen LogP contribution in [-0.4, -0.2) is 56.6 Å². The summed E-state index contributed by atoms with van der Waals surface area (Å²) in [5.74, 6) is 0.0874. The number of hydrogen-bond donors (Lipinski definition) is 1. The number of nitrogens with one attached hydrogen (secondary N) is 1. The van der Waals surface area contributed by atoms with Crippen LogP contribution in [0.3, 0.4) is 0 Å². The molecule has 1 amide bonds. The molecule has 0 aliphatic carbocycles. The van der Waals surface area contributed by atoms with E-state index >= 15 is 0 Å². The van der Waals surface area contributed by atoms with E-state index in [2.05, 4.69) is 44.3 Å². The number of ether oxygens (including phenoxy) is 1. The van der Waals surface area contributed by atoms with E-state index in [1.807, 2.05) is 65.8 Å². The number of nitrogens with zero attached hydrogens (tertiary/aromatic N) is 4. The van der Waals surface area contributed by atoms with Crippen molar-refractivity contribution in [1.29, 1.82) is 0 Å². The smallest absolute Gasteiger partial charge is 0.237 e. The molecule has 1 aliphatic rings. The van der Waals surface area contributed by atoms with Crippen LogP contribution < -0.4 is 0 Å². The molecular formula is C28H29N5O2. The number of benzene rings is 2. The number of aromatic nitrogens is 3. The van der Waals surface area contributed by atoms with E-state index < -0.39 is 0 Å². The maximum absolute atomic E-state index is 13.3. The first-order valence-electron chi connectivity index (χ1n) is 11.9. The fourth-order valence-electron chi connectivity index (χ4n) is 4.45. The largest absolute Gasteiger partial charge is 0.370 e. The number of H-pyrrole nitrogens is 1. The van der Waals surface area contributed by atoms with Gasteiger partial charge in [-0.3, -0.25) is 19.8 Å². The first kappa shape index (κ1) is 23.0. The zero-order valence-electron chi connectivity index (χ0n) is 19.6. The van der Waals surface area contributed by atoms with E-state index in [0.29, 0.717) is 39.3 Å². The van der Waals surface area contributed by atoms with E-state index in [-0.39, 0.29) is 12.0 Å². The average Bonchev–Trinajstić information content (AvgIpc) is 3.30. The minimum Gasteiger partial charge on any atom is -0.370 e. The second-order valence-corrected chi connectivity index (χ2v) is 8.86. The van der Waals surface area contributed by atoms with Crippen molar-refractivity contribution in [2.75, 3.05) is 19.6 Å². The maximum Gasteiger partial charge on any atom is 0.237 e. The first-order valence-corrected chi connectivity index (χ1v) is 11.9. The van der Waals surface area contributed by atoms with Crippen molar-refractivity contribution in [2.24, 2.45) is 0 Å². The van der Waals surface area contributed by atoms with E-state index in [9.17, 15) is 4.79 Å². The lowest BCUT2D eigenvalue weighted by atomic mass is 10.1. The molecule has 5 rings (SSSR count). The summed E-state index contributed by atoms with van der Waals surface area (Å²) in [4.78, 5) is 21.6. The Kier molecular flexibility index (Phi) is 7.27. The lowest BCUT2D eigenvalue weighted by Gasteiger charge is -2.25. The van der Waals surface area contributed by atoms with Crippen LogP contribution in [0.25, 0.3) is 11.3 Å². The standard InChI is InChI=1S/C28H29N5O2/c34-27-20-32(17-25-15-30-31-28(25)24-11-5-2-6-12-24)18-26(35-21-22-8-3-1-4-9-22)19-33(27)16-23-10-7-13-29-14-23/h1-15,26H,16-21H2,(H,30,31)/t26-/m1/s1. The Morgan fingerprint density at radius 2 is 1.66 bits per heavy atom. The molecule has 7 nitrogen and oxygen atoms in total. The highest BCUT2D eigenvalue weighted by Crippen LogP contribution is 2.23. The SMILES string of the molecule is O=C1CN(Cc2cn[nH]c2-c2ccccc2)C[C@@H](OCc2ccccc2)CN1Cc1cccnc1. The molecule has 1 N–H and O–H groups in total. The van der Waals surface area contributed by atoms with E-state index in [1.165, 1.54) is 0 Å². The Hall–Kier alpha value is -3.81. The number of hydrogen-bond acceptors (Lipinski definition) is 5. The van der Waals surface area contributed by atoms with Gasteiger partial charge >= 0.3 is 0 Å². The zero-order valence-corrected chi connectivity index (χ0v) is 19.6. The van der Waals surface area contributed by atoms with Gasteiger partial charge < -0.3 is 9.64 Å². The normalized spacial score (nSPS) is 16.9. The van der Waals surface area contributed by atoms with Gasteiger partial charge in [0.25, 0.3) is 0 Å². The van der Waals surface area contributed by atoms with Crippen LogP contribution in [0, 0.1) is 0 Å². The second-order valence-electron chi connectivity index (χ2n) is 8.86. The molecule has 0 unspecified atom stereocenters. The third-order valence-corrected chi connectivity index (χ3v) is 6.20. The average molecular weight is 468 g/mol. The van der Waals surface area contributed by atoms with Crippen molar-refractivity contribution in [3.63, 3.8) is 0 Å². The third kappa shape index (κ3) is 6.01. The Morgan fingerprint density at radius 3 is 2.43 bits per heavy atom. The third-order valence-electron chi connectivity index (χ3n) is 6.20. The van der Waals surface area contributed by atoms with Crippen LogP contribution in [0.1, 0.15) is 16.7 Å². The summed E-state index contributed by atoms with van der Waals surface area (Å²) < 4.78 is 6.35. The Morgan fingerprint density at radius 1 is 0.886 bits per heavy atom. The van der Waals surface area contributed by atoms with Crippen LogP contribution in [-0.2, 0) is 29.2 Å². The number of rotatable bonds is 8. The van der Waals surface area contributed by atoms with Gasteiger partial charge in [0.1, 0.15) is 0 Å². The van der Waals surface area contributed by atoms with Crippen LogP contribution in [0.4, 0.5) is 0 Å². The molecule has 1 atom stereocenters. The summed E-state index contributed by atoms with van der Waals surface area (Å²) in [7, 11) is 0. The second kappa shape index (κ2) is 11.1. The number of pyridine rings is 1. The van der Waals surface area contributed by atoms with Crippen molar-refractivity contribution in [3.8, 4) is 11.3 Å². The van der Waals surface area contributed by atoms with Gasteiger partial charge in [-0.2, -0.15) is 5.10 Å². The van der Waals surface area contributed by atoms with Crippen molar-refractivity contribution in [1.82, 2.24) is 25.0 Å². The predicted octanol–water partition coefficient (Wildman–Crippen LogP) is 3.90. The molecule has 3 heterocycles. The van der Waals surface area contributed by atoms with Gasteiger partial charge in [0.05, 0.1) is 31.1 Å². The van der Waals surface area contributed by atoms with Crippen molar-refractivity contribution in [2.45, 2.75) is 25.8 Å². The minimum atomic E-state index is -0.120. The molecule has 2 aromatic heterocycles. The number of carbonyl (C=O) groups excluding carboxylic acids is 1. The molecule has 0 saturated carbocycles. The van der Waals surface area contributed by atoms with Crippen molar-refractivity contribution >= 4 is 5.91 Å². The van der Waals surface area contributed by atoms with Gasteiger partial charge in [-0.25, -0.2) is 0 Å². The zero-order chi connectivity index (χ0) is 23.9. The highest BCUT2D eigenvalue weighted by atomic mass is 16.5. The summed E-state index contributed by atoms with van der Waals surface area (Å²) in [6.45, 7) is 3.15. The highest BCUT2D eigenvalue weighted by molar-refractivity contribution is 5.78. The topological polar surface area (TPSA) is 74.3 Å². The maximum atomic E-state index is 13.3. The molecule has 1 aliphatic heterocycles. The van der Waals surface area contributed by atoms with Gasteiger partial charge in [-0.1, -0.05) is 66.7 Å². The molecular weight excluding hydrogens is 438 g/mol. The summed E-state index contributed by atoms with van der Waals surface area (Å²) in [5, 5.41) is 7.41. The molecule has 4 aromatic rings. The molecule has 178 valence electrons. The molecule has 1 saturated heterocycles. The number of carbonyl (C=O) groups is 1. The van der Waals surface area contributed by atoms with E-state index in [0.717, 1.165) is 27.9 Å². The quantitative estimate of drug-likeness (QED) is 0.425. The first-order chi connectivity index (χ1) is 17.2. The molecule has 2 aromatic carbocycles. The highest BCUT2D eigenvalue weighted by Gasteiger charge is 2.29. The number of amides is 1.